The SMILES string of the molecule is CCNC(C)CC(=O)NCc1ccc(F)c(F)c1. The second kappa shape index (κ2) is 7.06. The van der Waals surface area contributed by atoms with E-state index in [9.17, 15) is 13.6 Å². The van der Waals surface area contributed by atoms with Crippen LogP contribution in [0.2, 0.25) is 0 Å². The number of carbonyl (C=O) groups is 1. The van der Waals surface area contributed by atoms with E-state index in [2.05, 4.69) is 10.6 Å². The summed E-state index contributed by atoms with van der Waals surface area (Å²) in [7, 11) is 0. The van der Waals surface area contributed by atoms with Crippen LogP contribution in [-0.4, -0.2) is 18.5 Å². The third-order valence-electron chi connectivity index (χ3n) is 2.52. The molecule has 0 fully saturated rings. The summed E-state index contributed by atoms with van der Waals surface area (Å²) in [5.41, 5.74) is 0.540. The number of nitrogens with one attached hydrogen (secondary N) is 2. The van der Waals surface area contributed by atoms with Crippen LogP contribution in [0, 0.1) is 11.6 Å². The van der Waals surface area contributed by atoms with Gasteiger partial charge in [-0.2, -0.15) is 0 Å². The molecule has 0 bridgehead atoms. The van der Waals surface area contributed by atoms with Gasteiger partial charge in [-0.1, -0.05) is 13.0 Å². The second-order valence-electron chi connectivity index (χ2n) is 4.19. The Hall–Kier alpha value is -1.49. The van der Waals surface area contributed by atoms with Crippen molar-refractivity contribution in [2.45, 2.75) is 32.9 Å². The zero-order valence-electron chi connectivity index (χ0n) is 10.6. The van der Waals surface area contributed by atoms with Crippen molar-refractivity contribution in [3.63, 3.8) is 0 Å². The summed E-state index contributed by atoms with van der Waals surface area (Å²) in [5, 5.41) is 5.79. The molecule has 18 heavy (non-hydrogen) atoms. The molecule has 2 N–H and O–H groups in total. The number of benzene rings is 1. The fourth-order valence-corrected chi connectivity index (χ4v) is 1.62. The van der Waals surface area contributed by atoms with E-state index in [4.69, 9.17) is 0 Å². The van der Waals surface area contributed by atoms with Crippen molar-refractivity contribution in [2.75, 3.05) is 6.54 Å². The van der Waals surface area contributed by atoms with Crippen molar-refractivity contribution in [1.82, 2.24) is 10.6 Å². The van der Waals surface area contributed by atoms with Gasteiger partial charge in [0.1, 0.15) is 0 Å². The smallest absolute Gasteiger partial charge is 0.221 e. The first kappa shape index (κ1) is 14.6. The monoisotopic (exact) mass is 256 g/mol. The first-order valence-electron chi connectivity index (χ1n) is 5.97. The Morgan fingerprint density at radius 3 is 2.67 bits per heavy atom. The average molecular weight is 256 g/mol. The van der Waals surface area contributed by atoms with Gasteiger partial charge in [-0.15, -0.1) is 0 Å². The third kappa shape index (κ3) is 4.79. The number of amides is 1. The summed E-state index contributed by atoms with van der Waals surface area (Å²) in [6.07, 6.45) is 0.359. The number of carbonyl (C=O) groups excluding carboxylic acids is 1. The Balaban J connectivity index is 2.40. The molecule has 3 nitrogen and oxygen atoms in total. The highest BCUT2D eigenvalue weighted by molar-refractivity contribution is 5.76. The van der Waals surface area contributed by atoms with E-state index >= 15 is 0 Å². The standard InChI is InChI=1S/C13H18F2N2O/c1-3-16-9(2)6-13(18)17-8-10-4-5-11(14)12(15)7-10/h4-5,7,9,16H,3,6,8H2,1-2H3,(H,17,18). The van der Waals surface area contributed by atoms with Gasteiger partial charge in [0.2, 0.25) is 5.91 Å². The second-order valence-corrected chi connectivity index (χ2v) is 4.19. The highest BCUT2D eigenvalue weighted by Gasteiger charge is 2.08. The predicted octanol–water partition coefficient (Wildman–Crippen LogP) is 1.97. The molecular formula is C13H18F2N2O. The number of hydrogen-bond acceptors (Lipinski definition) is 2. The molecular weight excluding hydrogens is 238 g/mol. The van der Waals surface area contributed by atoms with E-state index in [0.29, 0.717) is 12.0 Å². The Labute approximate surface area is 106 Å². The van der Waals surface area contributed by atoms with E-state index in [1.807, 2.05) is 13.8 Å². The fourth-order valence-electron chi connectivity index (χ4n) is 1.62. The molecule has 0 spiro atoms. The van der Waals surface area contributed by atoms with Gasteiger partial charge in [-0.25, -0.2) is 8.78 Å². The zero-order valence-corrected chi connectivity index (χ0v) is 10.6. The van der Waals surface area contributed by atoms with Crippen LogP contribution in [0.3, 0.4) is 0 Å². The van der Waals surface area contributed by atoms with Crippen molar-refractivity contribution in [3.05, 3.63) is 35.4 Å². The Bertz CT molecular complexity index is 410. The summed E-state index contributed by atoms with van der Waals surface area (Å²) in [6.45, 7) is 4.89. The summed E-state index contributed by atoms with van der Waals surface area (Å²) in [5.74, 6) is -1.90. The van der Waals surface area contributed by atoms with Crippen molar-refractivity contribution in [3.8, 4) is 0 Å². The van der Waals surface area contributed by atoms with E-state index in [-0.39, 0.29) is 18.5 Å². The van der Waals surface area contributed by atoms with Crippen LogP contribution in [0.25, 0.3) is 0 Å². The summed E-state index contributed by atoms with van der Waals surface area (Å²) >= 11 is 0. The Kier molecular flexibility index (Phi) is 5.71. The summed E-state index contributed by atoms with van der Waals surface area (Å²) in [4.78, 5) is 11.5. The minimum Gasteiger partial charge on any atom is -0.352 e. The first-order valence-corrected chi connectivity index (χ1v) is 5.97. The maximum atomic E-state index is 12.9. The van der Waals surface area contributed by atoms with Gasteiger partial charge in [0.05, 0.1) is 0 Å². The van der Waals surface area contributed by atoms with E-state index in [1.54, 1.807) is 0 Å². The first-order chi connectivity index (χ1) is 8.52. The van der Waals surface area contributed by atoms with Gasteiger partial charge in [-0.05, 0) is 31.2 Å². The fraction of sp³-hybridized carbons (Fsp3) is 0.462. The molecule has 1 aromatic rings. The average Bonchev–Trinajstić information content (AvgIpc) is 2.31. The maximum absolute atomic E-state index is 12.9. The highest BCUT2D eigenvalue weighted by Crippen LogP contribution is 2.08. The van der Waals surface area contributed by atoms with Crippen LogP contribution in [-0.2, 0) is 11.3 Å². The van der Waals surface area contributed by atoms with Gasteiger partial charge >= 0.3 is 0 Å². The van der Waals surface area contributed by atoms with Gasteiger partial charge < -0.3 is 10.6 Å². The van der Waals surface area contributed by atoms with Crippen LogP contribution in [0.5, 0.6) is 0 Å². The maximum Gasteiger partial charge on any atom is 0.221 e. The van der Waals surface area contributed by atoms with Crippen LogP contribution in [0.1, 0.15) is 25.8 Å². The van der Waals surface area contributed by atoms with Crippen LogP contribution in [0.4, 0.5) is 8.78 Å². The Morgan fingerprint density at radius 1 is 1.33 bits per heavy atom. The van der Waals surface area contributed by atoms with Gasteiger partial charge in [0, 0.05) is 19.0 Å². The van der Waals surface area contributed by atoms with E-state index in [1.165, 1.54) is 6.07 Å². The lowest BCUT2D eigenvalue weighted by atomic mass is 10.2. The van der Waals surface area contributed by atoms with E-state index in [0.717, 1.165) is 18.7 Å². The lowest BCUT2D eigenvalue weighted by Gasteiger charge is -2.12. The Morgan fingerprint density at radius 2 is 2.06 bits per heavy atom. The van der Waals surface area contributed by atoms with Gasteiger partial charge in [-0.3, -0.25) is 4.79 Å². The lowest BCUT2D eigenvalue weighted by molar-refractivity contribution is -0.121. The summed E-state index contributed by atoms with van der Waals surface area (Å²) in [6, 6.07) is 3.69. The van der Waals surface area contributed by atoms with Crippen molar-refractivity contribution in [2.24, 2.45) is 0 Å². The zero-order chi connectivity index (χ0) is 13.5. The molecule has 1 amide bonds. The third-order valence-corrected chi connectivity index (χ3v) is 2.52. The number of halogens is 2. The normalized spacial score (nSPS) is 12.2. The van der Waals surface area contributed by atoms with E-state index < -0.39 is 11.6 Å². The van der Waals surface area contributed by atoms with Gasteiger partial charge in [0.25, 0.3) is 0 Å². The van der Waals surface area contributed by atoms with Crippen LogP contribution in [0.15, 0.2) is 18.2 Å². The molecule has 5 heteroatoms. The number of rotatable bonds is 6. The molecule has 0 aliphatic heterocycles. The molecule has 0 aliphatic carbocycles. The van der Waals surface area contributed by atoms with Crippen molar-refractivity contribution >= 4 is 5.91 Å². The molecule has 1 aromatic carbocycles. The molecule has 0 saturated heterocycles. The summed E-state index contributed by atoms with van der Waals surface area (Å²) < 4.78 is 25.6. The minimum absolute atomic E-state index is 0.0972. The molecule has 100 valence electrons. The predicted molar refractivity (Wildman–Crippen MR) is 66.0 cm³/mol. The van der Waals surface area contributed by atoms with Crippen LogP contribution >= 0.6 is 0 Å². The molecule has 1 unspecified atom stereocenters. The highest BCUT2D eigenvalue weighted by atomic mass is 19.2. The minimum atomic E-state index is -0.900. The molecule has 0 heterocycles. The number of hydrogen-bond donors (Lipinski definition) is 2. The van der Waals surface area contributed by atoms with Crippen molar-refractivity contribution < 1.29 is 13.6 Å². The molecule has 0 aliphatic rings. The largest absolute Gasteiger partial charge is 0.352 e. The van der Waals surface area contributed by atoms with Crippen LogP contribution < -0.4 is 10.6 Å². The molecule has 1 rings (SSSR count). The molecule has 1 atom stereocenters. The van der Waals surface area contributed by atoms with Gasteiger partial charge in [0.15, 0.2) is 11.6 Å². The van der Waals surface area contributed by atoms with Crippen molar-refractivity contribution in [1.29, 1.82) is 0 Å². The molecule has 0 aromatic heterocycles. The topological polar surface area (TPSA) is 41.1 Å². The molecule has 0 radical (unpaired) electrons. The molecule has 0 saturated carbocycles. The lowest BCUT2D eigenvalue weighted by Crippen LogP contribution is -2.33. The quantitative estimate of drug-likeness (QED) is 0.817.